The van der Waals surface area contributed by atoms with Gasteiger partial charge in [0, 0.05) is 22.9 Å². The molecule has 0 spiro atoms. The van der Waals surface area contributed by atoms with E-state index in [1.807, 2.05) is 0 Å². The van der Waals surface area contributed by atoms with E-state index >= 15 is 0 Å². The SMILES string of the molecule is O=C(NO)c1ccc(C(=O)Nc2ccc3c(c2)OCO3)cc1. The average Bonchev–Trinajstić information content (AvgIpc) is 3.02. The maximum Gasteiger partial charge on any atom is 0.274 e. The first-order valence-electron chi connectivity index (χ1n) is 6.43. The van der Waals surface area contributed by atoms with Gasteiger partial charge in [0.2, 0.25) is 6.79 Å². The molecule has 2 amide bonds. The molecule has 22 heavy (non-hydrogen) atoms. The van der Waals surface area contributed by atoms with E-state index < -0.39 is 5.91 Å². The lowest BCUT2D eigenvalue weighted by molar-refractivity contribution is 0.0706. The highest BCUT2D eigenvalue weighted by Crippen LogP contribution is 2.34. The van der Waals surface area contributed by atoms with Crippen molar-refractivity contribution in [3.63, 3.8) is 0 Å². The summed E-state index contributed by atoms with van der Waals surface area (Å²) in [5.74, 6) is 0.252. The van der Waals surface area contributed by atoms with Gasteiger partial charge >= 0.3 is 0 Å². The van der Waals surface area contributed by atoms with Gasteiger partial charge in [-0.1, -0.05) is 0 Å². The fourth-order valence-corrected chi connectivity index (χ4v) is 2.02. The topological polar surface area (TPSA) is 96.9 Å². The van der Waals surface area contributed by atoms with Gasteiger partial charge in [0.05, 0.1) is 0 Å². The summed E-state index contributed by atoms with van der Waals surface area (Å²) in [6.07, 6.45) is 0. The number of hydrogen-bond acceptors (Lipinski definition) is 5. The van der Waals surface area contributed by atoms with Gasteiger partial charge in [0.25, 0.3) is 11.8 Å². The summed E-state index contributed by atoms with van der Waals surface area (Å²) in [4.78, 5) is 23.3. The molecule has 0 radical (unpaired) electrons. The molecule has 0 saturated carbocycles. The fourth-order valence-electron chi connectivity index (χ4n) is 2.02. The monoisotopic (exact) mass is 300 g/mol. The van der Waals surface area contributed by atoms with Crippen molar-refractivity contribution in [3.8, 4) is 11.5 Å². The molecule has 0 bridgehead atoms. The molecule has 1 heterocycles. The summed E-state index contributed by atoms with van der Waals surface area (Å²) < 4.78 is 10.4. The van der Waals surface area contributed by atoms with Gasteiger partial charge in [-0.3, -0.25) is 14.8 Å². The van der Waals surface area contributed by atoms with Crippen LogP contribution in [0.4, 0.5) is 5.69 Å². The summed E-state index contributed by atoms with van der Waals surface area (Å²) >= 11 is 0. The molecule has 7 heteroatoms. The molecule has 1 aliphatic rings. The van der Waals surface area contributed by atoms with E-state index in [1.165, 1.54) is 29.7 Å². The summed E-state index contributed by atoms with van der Waals surface area (Å²) in [7, 11) is 0. The van der Waals surface area contributed by atoms with Crippen molar-refractivity contribution in [2.45, 2.75) is 0 Å². The fraction of sp³-hybridized carbons (Fsp3) is 0.0667. The van der Waals surface area contributed by atoms with Crippen LogP contribution in [0, 0.1) is 0 Å². The van der Waals surface area contributed by atoms with Gasteiger partial charge in [-0.25, -0.2) is 5.48 Å². The molecular weight excluding hydrogens is 288 g/mol. The van der Waals surface area contributed by atoms with Crippen LogP contribution >= 0.6 is 0 Å². The van der Waals surface area contributed by atoms with Crippen LogP contribution < -0.4 is 20.3 Å². The van der Waals surface area contributed by atoms with Crippen molar-refractivity contribution in [1.29, 1.82) is 0 Å². The minimum Gasteiger partial charge on any atom is -0.454 e. The summed E-state index contributed by atoms with van der Waals surface area (Å²) in [6, 6.07) is 11.0. The van der Waals surface area contributed by atoms with Crippen LogP contribution in [0.15, 0.2) is 42.5 Å². The molecule has 0 atom stereocenters. The van der Waals surface area contributed by atoms with Crippen molar-refractivity contribution in [2.75, 3.05) is 12.1 Å². The van der Waals surface area contributed by atoms with E-state index in [-0.39, 0.29) is 18.3 Å². The van der Waals surface area contributed by atoms with E-state index in [0.29, 0.717) is 22.7 Å². The number of ether oxygens (including phenoxy) is 2. The van der Waals surface area contributed by atoms with E-state index in [9.17, 15) is 9.59 Å². The smallest absolute Gasteiger partial charge is 0.274 e. The van der Waals surface area contributed by atoms with Crippen molar-refractivity contribution in [1.82, 2.24) is 5.48 Å². The van der Waals surface area contributed by atoms with Crippen molar-refractivity contribution in [3.05, 3.63) is 53.6 Å². The number of nitrogens with one attached hydrogen (secondary N) is 2. The Morgan fingerprint density at radius 2 is 1.55 bits per heavy atom. The summed E-state index contributed by atoms with van der Waals surface area (Å²) in [5.41, 5.74) is 2.74. The number of benzene rings is 2. The maximum atomic E-state index is 12.1. The molecule has 2 aromatic carbocycles. The summed E-state index contributed by atoms with van der Waals surface area (Å²) in [6.45, 7) is 0.168. The van der Waals surface area contributed by atoms with Crippen molar-refractivity contribution >= 4 is 17.5 Å². The Kier molecular flexibility index (Phi) is 3.63. The van der Waals surface area contributed by atoms with Crippen molar-refractivity contribution in [2.24, 2.45) is 0 Å². The van der Waals surface area contributed by atoms with Crippen LogP contribution in [-0.4, -0.2) is 23.8 Å². The molecule has 0 unspecified atom stereocenters. The first-order valence-corrected chi connectivity index (χ1v) is 6.43. The van der Waals surface area contributed by atoms with Gasteiger partial charge < -0.3 is 14.8 Å². The van der Waals surface area contributed by atoms with E-state index in [2.05, 4.69) is 5.32 Å². The Labute approximate surface area is 125 Å². The van der Waals surface area contributed by atoms with Crippen LogP contribution in [-0.2, 0) is 0 Å². The predicted octanol–water partition coefficient (Wildman–Crippen LogP) is 1.79. The highest BCUT2D eigenvalue weighted by molar-refractivity contribution is 6.05. The number of rotatable bonds is 3. The Morgan fingerprint density at radius 1 is 0.909 bits per heavy atom. The number of amides is 2. The standard InChI is InChI=1S/C15H12N2O5/c18-14(9-1-3-10(4-2-9)15(19)17-20)16-11-5-6-12-13(7-11)22-8-21-12/h1-7,20H,8H2,(H,16,18)(H,17,19). The molecule has 2 aromatic rings. The second-order valence-electron chi connectivity index (χ2n) is 4.54. The Bertz CT molecular complexity index is 727. The Balaban J connectivity index is 1.73. The van der Waals surface area contributed by atoms with Gasteiger partial charge in [-0.05, 0) is 36.4 Å². The molecule has 1 aliphatic heterocycles. The second kappa shape index (κ2) is 5.74. The lowest BCUT2D eigenvalue weighted by Crippen LogP contribution is -2.19. The number of hydroxylamine groups is 1. The van der Waals surface area contributed by atoms with Gasteiger partial charge in [-0.2, -0.15) is 0 Å². The molecule has 0 aliphatic carbocycles. The number of hydrogen-bond donors (Lipinski definition) is 3. The molecule has 7 nitrogen and oxygen atoms in total. The minimum atomic E-state index is -0.636. The Morgan fingerprint density at radius 3 is 2.23 bits per heavy atom. The zero-order valence-corrected chi connectivity index (χ0v) is 11.3. The average molecular weight is 300 g/mol. The third-order valence-electron chi connectivity index (χ3n) is 3.14. The largest absolute Gasteiger partial charge is 0.454 e. The molecule has 3 rings (SSSR count). The molecule has 0 fully saturated rings. The molecule has 0 saturated heterocycles. The number of carbonyl (C=O) groups is 2. The molecule has 0 aromatic heterocycles. The van der Waals surface area contributed by atoms with E-state index in [0.717, 1.165) is 0 Å². The lowest BCUT2D eigenvalue weighted by Gasteiger charge is -2.07. The zero-order chi connectivity index (χ0) is 15.5. The van der Waals surface area contributed by atoms with Crippen molar-refractivity contribution < 1.29 is 24.3 Å². The van der Waals surface area contributed by atoms with E-state index in [4.69, 9.17) is 14.7 Å². The number of carbonyl (C=O) groups excluding carboxylic acids is 2. The van der Waals surface area contributed by atoms with Gasteiger partial charge in [0.1, 0.15) is 0 Å². The normalized spacial score (nSPS) is 11.9. The number of anilines is 1. The van der Waals surface area contributed by atoms with Gasteiger partial charge in [0.15, 0.2) is 11.5 Å². The first-order chi connectivity index (χ1) is 10.7. The third kappa shape index (κ3) is 2.70. The molecular formula is C15H12N2O5. The van der Waals surface area contributed by atoms with Crippen LogP contribution in [0.5, 0.6) is 11.5 Å². The minimum absolute atomic E-state index is 0.168. The molecule has 112 valence electrons. The second-order valence-corrected chi connectivity index (χ2v) is 4.54. The third-order valence-corrected chi connectivity index (χ3v) is 3.14. The van der Waals surface area contributed by atoms with Crippen LogP contribution in [0.3, 0.4) is 0 Å². The quantitative estimate of drug-likeness (QED) is 0.593. The Hall–Kier alpha value is -3.06. The number of fused-ring (bicyclic) bond motifs is 1. The predicted molar refractivity (Wildman–Crippen MR) is 76.2 cm³/mol. The highest BCUT2D eigenvalue weighted by atomic mass is 16.7. The van der Waals surface area contributed by atoms with Crippen LogP contribution in [0.25, 0.3) is 0 Å². The maximum absolute atomic E-state index is 12.1. The summed E-state index contributed by atoms with van der Waals surface area (Å²) in [5, 5.41) is 11.3. The van der Waals surface area contributed by atoms with E-state index in [1.54, 1.807) is 18.2 Å². The van der Waals surface area contributed by atoms with Gasteiger partial charge in [-0.15, -0.1) is 0 Å². The highest BCUT2D eigenvalue weighted by Gasteiger charge is 2.15. The first kappa shape index (κ1) is 13.9. The van der Waals surface area contributed by atoms with Crippen LogP contribution in [0.1, 0.15) is 20.7 Å². The lowest BCUT2D eigenvalue weighted by atomic mass is 10.1. The van der Waals surface area contributed by atoms with Crippen LogP contribution in [0.2, 0.25) is 0 Å². The zero-order valence-electron chi connectivity index (χ0n) is 11.3. The molecule has 3 N–H and O–H groups in total.